The molecular formula is C15H23N. The summed E-state index contributed by atoms with van der Waals surface area (Å²) in [6.07, 6.45) is 5.34. The van der Waals surface area contributed by atoms with Gasteiger partial charge in [0.15, 0.2) is 0 Å². The predicted molar refractivity (Wildman–Crippen MR) is 71.2 cm³/mol. The first kappa shape index (κ1) is 11.5. The van der Waals surface area contributed by atoms with Gasteiger partial charge in [-0.2, -0.15) is 0 Å². The number of hydrogen-bond donors (Lipinski definition) is 0. The maximum atomic E-state index is 2.57. The van der Waals surface area contributed by atoms with E-state index in [0.29, 0.717) is 5.92 Å². The molecule has 1 unspecified atom stereocenters. The van der Waals surface area contributed by atoms with E-state index in [1.54, 1.807) is 0 Å². The van der Waals surface area contributed by atoms with Gasteiger partial charge in [-0.25, -0.2) is 0 Å². The molecule has 0 aliphatic carbocycles. The van der Waals surface area contributed by atoms with Crippen LogP contribution in [0.2, 0.25) is 0 Å². The van der Waals surface area contributed by atoms with Gasteiger partial charge in [-0.15, -0.1) is 0 Å². The molecule has 2 rings (SSSR count). The van der Waals surface area contributed by atoms with Crippen molar-refractivity contribution >= 4 is 5.69 Å². The second-order valence-corrected chi connectivity index (χ2v) is 4.92. The van der Waals surface area contributed by atoms with Crippen LogP contribution in [0.5, 0.6) is 0 Å². The number of nitrogens with zero attached hydrogens (tertiary/aromatic N) is 1. The zero-order valence-electron chi connectivity index (χ0n) is 10.6. The molecule has 0 N–H and O–H groups in total. The molecule has 1 nitrogen and oxygen atoms in total. The van der Waals surface area contributed by atoms with E-state index in [-0.39, 0.29) is 0 Å². The summed E-state index contributed by atoms with van der Waals surface area (Å²) in [4.78, 5) is 2.57. The molecule has 1 aliphatic heterocycles. The van der Waals surface area contributed by atoms with Crippen molar-refractivity contribution in [1.82, 2.24) is 0 Å². The number of piperidine rings is 1. The Labute approximate surface area is 99.5 Å². The lowest BCUT2D eigenvalue weighted by Crippen LogP contribution is -2.30. The van der Waals surface area contributed by atoms with Crippen LogP contribution in [0.15, 0.2) is 24.3 Å². The molecule has 0 bridgehead atoms. The smallest absolute Gasteiger partial charge is 0.0401 e. The van der Waals surface area contributed by atoms with Crippen molar-refractivity contribution in [3.05, 3.63) is 29.8 Å². The normalized spacial score (nSPS) is 18.5. The van der Waals surface area contributed by atoms with Crippen molar-refractivity contribution < 1.29 is 0 Å². The minimum Gasteiger partial charge on any atom is -0.371 e. The summed E-state index contributed by atoms with van der Waals surface area (Å²) in [6, 6.07) is 8.95. The van der Waals surface area contributed by atoms with E-state index in [4.69, 9.17) is 0 Å². The molecule has 1 aromatic rings. The van der Waals surface area contributed by atoms with Crippen LogP contribution in [-0.4, -0.2) is 13.1 Å². The fourth-order valence-electron chi connectivity index (χ4n) is 2.55. The number of rotatable bonds is 3. The van der Waals surface area contributed by atoms with Crippen LogP contribution in [-0.2, 0) is 0 Å². The van der Waals surface area contributed by atoms with Crippen molar-refractivity contribution in [2.45, 2.75) is 45.4 Å². The molecule has 16 heavy (non-hydrogen) atoms. The molecule has 0 amide bonds. The van der Waals surface area contributed by atoms with Gasteiger partial charge < -0.3 is 4.90 Å². The molecule has 1 heterocycles. The molecule has 88 valence electrons. The van der Waals surface area contributed by atoms with Gasteiger partial charge >= 0.3 is 0 Å². The highest BCUT2D eigenvalue weighted by Gasteiger charge is 2.16. The van der Waals surface area contributed by atoms with E-state index >= 15 is 0 Å². The summed E-state index contributed by atoms with van der Waals surface area (Å²) in [7, 11) is 0. The first-order valence-corrected chi connectivity index (χ1v) is 6.66. The van der Waals surface area contributed by atoms with E-state index in [9.17, 15) is 0 Å². The van der Waals surface area contributed by atoms with E-state index in [1.807, 2.05) is 0 Å². The second-order valence-electron chi connectivity index (χ2n) is 4.92. The van der Waals surface area contributed by atoms with E-state index < -0.39 is 0 Å². The standard InChI is InChI=1S/C15H23N/c1-3-13(2)14-9-5-6-10-15(14)16-11-7-4-8-12-16/h5-6,9-10,13H,3-4,7-8,11-12H2,1-2H3. The van der Waals surface area contributed by atoms with Crippen LogP contribution in [0, 0.1) is 0 Å². The van der Waals surface area contributed by atoms with Gasteiger partial charge in [0.2, 0.25) is 0 Å². The average molecular weight is 217 g/mol. The number of anilines is 1. The fourth-order valence-corrected chi connectivity index (χ4v) is 2.55. The number of para-hydroxylation sites is 1. The highest BCUT2D eigenvalue weighted by molar-refractivity contribution is 5.55. The molecule has 0 spiro atoms. The highest BCUT2D eigenvalue weighted by Crippen LogP contribution is 2.30. The first-order chi connectivity index (χ1) is 7.83. The van der Waals surface area contributed by atoms with Crippen molar-refractivity contribution in [1.29, 1.82) is 0 Å². The molecule has 1 fully saturated rings. The van der Waals surface area contributed by atoms with E-state index in [1.165, 1.54) is 50.0 Å². The molecule has 1 aromatic carbocycles. The molecule has 1 heteroatoms. The Morgan fingerprint density at radius 2 is 1.81 bits per heavy atom. The first-order valence-electron chi connectivity index (χ1n) is 6.66. The van der Waals surface area contributed by atoms with Gasteiger partial charge in [0.1, 0.15) is 0 Å². The molecule has 0 aromatic heterocycles. The third-order valence-corrected chi connectivity index (χ3v) is 3.78. The van der Waals surface area contributed by atoms with Gasteiger partial charge in [0.05, 0.1) is 0 Å². The molecule has 0 saturated carbocycles. The Morgan fingerprint density at radius 3 is 2.50 bits per heavy atom. The molecule has 1 aliphatic rings. The lowest BCUT2D eigenvalue weighted by Gasteiger charge is -2.31. The van der Waals surface area contributed by atoms with Gasteiger partial charge in [-0.1, -0.05) is 32.0 Å². The SMILES string of the molecule is CCC(C)c1ccccc1N1CCCCC1. The summed E-state index contributed by atoms with van der Waals surface area (Å²) in [6.45, 7) is 7.10. The van der Waals surface area contributed by atoms with Gasteiger partial charge in [0.25, 0.3) is 0 Å². The van der Waals surface area contributed by atoms with Crippen LogP contribution in [0.1, 0.15) is 51.0 Å². The van der Waals surface area contributed by atoms with E-state index in [0.717, 1.165) is 0 Å². The monoisotopic (exact) mass is 217 g/mol. The van der Waals surface area contributed by atoms with Gasteiger partial charge in [-0.3, -0.25) is 0 Å². The van der Waals surface area contributed by atoms with Crippen LogP contribution in [0.3, 0.4) is 0 Å². The third kappa shape index (κ3) is 2.40. The molecular weight excluding hydrogens is 194 g/mol. The Balaban J connectivity index is 2.24. The fraction of sp³-hybridized carbons (Fsp3) is 0.600. The minimum atomic E-state index is 0.679. The summed E-state index contributed by atoms with van der Waals surface area (Å²) >= 11 is 0. The van der Waals surface area contributed by atoms with Crippen LogP contribution < -0.4 is 4.90 Å². The molecule has 1 saturated heterocycles. The van der Waals surface area contributed by atoms with Gasteiger partial charge in [0, 0.05) is 18.8 Å². The summed E-state index contributed by atoms with van der Waals surface area (Å²) in [5, 5.41) is 0. The van der Waals surface area contributed by atoms with Crippen molar-refractivity contribution in [2.75, 3.05) is 18.0 Å². The van der Waals surface area contributed by atoms with Crippen molar-refractivity contribution in [3.8, 4) is 0 Å². The zero-order valence-corrected chi connectivity index (χ0v) is 10.6. The predicted octanol–water partition coefficient (Wildman–Crippen LogP) is 4.19. The lowest BCUT2D eigenvalue weighted by atomic mass is 9.95. The topological polar surface area (TPSA) is 3.24 Å². The van der Waals surface area contributed by atoms with Gasteiger partial charge in [-0.05, 0) is 43.2 Å². The Kier molecular flexibility index (Phi) is 3.87. The largest absolute Gasteiger partial charge is 0.371 e. The quantitative estimate of drug-likeness (QED) is 0.733. The molecule has 1 atom stereocenters. The minimum absolute atomic E-state index is 0.679. The third-order valence-electron chi connectivity index (χ3n) is 3.78. The Bertz CT molecular complexity index is 326. The second kappa shape index (κ2) is 5.38. The maximum absolute atomic E-state index is 2.57. The van der Waals surface area contributed by atoms with Crippen LogP contribution in [0.25, 0.3) is 0 Å². The Morgan fingerprint density at radius 1 is 1.12 bits per heavy atom. The summed E-state index contributed by atoms with van der Waals surface area (Å²) in [5.74, 6) is 0.679. The van der Waals surface area contributed by atoms with E-state index in [2.05, 4.69) is 43.0 Å². The zero-order chi connectivity index (χ0) is 11.4. The highest BCUT2D eigenvalue weighted by atomic mass is 15.1. The average Bonchev–Trinajstić information content (AvgIpc) is 2.39. The van der Waals surface area contributed by atoms with Crippen molar-refractivity contribution in [3.63, 3.8) is 0 Å². The number of benzene rings is 1. The number of hydrogen-bond acceptors (Lipinski definition) is 1. The summed E-state index contributed by atoms with van der Waals surface area (Å²) < 4.78 is 0. The lowest BCUT2D eigenvalue weighted by molar-refractivity contribution is 0.574. The van der Waals surface area contributed by atoms with Crippen LogP contribution >= 0.6 is 0 Å². The maximum Gasteiger partial charge on any atom is 0.0401 e. The summed E-state index contributed by atoms with van der Waals surface area (Å²) in [5.41, 5.74) is 3.02. The van der Waals surface area contributed by atoms with Crippen molar-refractivity contribution in [2.24, 2.45) is 0 Å². The Hall–Kier alpha value is -0.980. The van der Waals surface area contributed by atoms with Crippen LogP contribution in [0.4, 0.5) is 5.69 Å². The molecule has 0 radical (unpaired) electrons.